The van der Waals surface area contributed by atoms with Crippen LogP contribution < -0.4 is 5.56 Å². The molecule has 0 radical (unpaired) electrons. The van der Waals surface area contributed by atoms with Gasteiger partial charge in [-0.25, -0.2) is 4.39 Å². The number of para-hydroxylation sites is 1. The molecule has 0 aliphatic rings. The molecule has 0 unspecified atom stereocenters. The van der Waals surface area contributed by atoms with Crippen molar-refractivity contribution in [3.8, 4) is 11.8 Å². The molecule has 0 aliphatic heterocycles. The molecule has 0 aliphatic carbocycles. The van der Waals surface area contributed by atoms with E-state index in [-0.39, 0.29) is 16.3 Å². The van der Waals surface area contributed by atoms with E-state index < -0.39 is 11.4 Å². The molecule has 1 aromatic carbocycles. The second-order valence-corrected chi connectivity index (χ2v) is 4.69. The van der Waals surface area contributed by atoms with Crippen LogP contribution in [0.4, 0.5) is 4.39 Å². The second kappa shape index (κ2) is 4.92. The van der Waals surface area contributed by atoms with Crippen molar-refractivity contribution in [1.29, 1.82) is 5.26 Å². The van der Waals surface area contributed by atoms with Gasteiger partial charge in [0, 0.05) is 12.3 Å². The van der Waals surface area contributed by atoms with Crippen molar-refractivity contribution < 1.29 is 4.39 Å². The highest BCUT2D eigenvalue weighted by Crippen LogP contribution is 2.23. The van der Waals surface area contributed by atoms with E-state index in [9.17, 15) is 9.18 Å². The van der Waals surface area contributed by atoms with Gasteiger partial charge in [0.25, 0.3) is 5.56 Å². The van der Waals surface area contributed by atoms with Gasteiger partial charge in [0.1, 0.15) is 17.6 Å². The number of halogens is 3. The zero-order valence-electron chi connectivity index (χ0n) is 8.82. The molecule has 3 nitrogen and oxygen atoms in total. The molecule has 2 aromatic rings. The Kier molecular flexibility index (Phi) is 3.50. The van der Waals surface area contributed by atoms with Gasteiger partial charge in [-0.2, -0.15) is 5.26 Å². The lowest BCUT2D eigenvalue weighted by molar-refractivity contribution is 0.615. The molecule has 0 saturated carbocycles. The first-order chi connectivity index (χ1) is 8.54. The average molecular weight is 328 g/mol. The number of hydrogen-bond acceptors (Lipinski definition) is 2. The number of hydrogen-bond donors (Lipinski definition) is 0. The largest absolute Gasteiger partial charge is 0.279 e. The van der Waals surface area contributed by atoms with Crippen molar-refractivity contribution in [2.75, 3.05) is 0 Å². The van der Waals surface area contributed by atoms with Gasteiger partial charge in [0.2, 0.25) is 0 Å². The smallest absolute Gasteiger partial charge is 0.256 e. The highest BCUT2D eigenvalue weighted by molar-refractivity contribution is 9.10. The summed E-state index contributed by atoms with van der Waals surface area (Å²) in [6, 6.07) is 7.03. The lowest BCUT2D eigenvalue weighted by atomic mass is 10.2. The first-order valence-electron chi connectivity index (χ1n) is 4.81. The molecule has 0 amide bonds. The van der Waals surface area contributed by atoms with Crippen LogP contribution in [0.1, 0.15) is 5.56 Å². The Balaban J connectivity index is 2.82. The number of rotatable bonds is 1. The lowest BCUT2D eigenvalue weighted by Crippen LogP contribution is -2.19. The van der Waals surface area contributed by atoms with Gasteiger partial charge in [0.05, 0.1) is 15.1 Å². The minimum absolute atomic E-state index is 0.0753. The van der Waals surface area contributed by atoms with Crippen LogP contribution in [0.15, 0.2) is 39.7 Å². The topological polar surface area (TPSA) is 45.8 Å². The van der Waals surface area contributed by atoms with Gasteiger partial charge in [-0.15, -0.1) is 0 Å². The minimum Gasteiger partial charge on any atom is -0.279 e. The number of benzene rings is 1. The molecule has 0 bridgehead atoms. The predicted molar refractivity (Wildman–Crippen MR) is 69.4 cm³/mol. The molecular weight excluding hydrogens is 322 g/mol. The summed E-state index contributed by atoms with van der Waals surface area (Å²) in [6.07, 6.45) is 1.34. The molecule has 0 fully saturated rings. The first kappa shape index (κ1) is 12.8. The highest BCUT2D eigenvalue weighted by Gasteiger charge is 2.13. The van der Waals surface area contributed by atoms with Crippen molar-refractivity contribution in [3.05, 3.63) is 61.7 Å². The second-order valence-electron chi connectivity index (χ2n) is 3.43. The molecule has 0 saturated heterocycles. The Hall–Kier alpha value is -1.64. The van der Waals surface area contributed by atoms with E-state index in [2.05, 4.69) is 15.9 Å². The van der Waals surface area contributed by atoms with Gasteiger partial charge in [-0.05, 0) is 28.1 Å². The fourth-order valence-corrected chi connectivity index (χ4v) is 1.97. The molecular formula is C12H5BrClFN2O. The van der Waals surface area contributed by atoms with Crippen molar-refractivity contribution in [3.63, 3.8) is 0 Å². The van der Waals surface area contributed by atoms with Crippen LogP contribution in [-0.4, -0.2) is 4.57 Å². The number of nitriles is 1. The third kappa shape index (κ3) is 2.17. The van der Waals surface area contributed by atoms with Crippen LogP contribution in [-0.2, 0) is 0 Å². The zero-order chi connectivity index (χ0) is 13.3. The van der Waals surface area contributed by atoms with Crippen LogP contribution in [0, 0.1) is 17.1 Å². The SMILES string of the molecule is N#Cc1cccc(F)c1-n1cc(Br)c(Cl)cc1=O. The fourth-order valence-electron chi connectivity index (χ4n) is 1.51. The zero-order valence-corrected chi connectivity index (χ0v) is 11.2. The van der Waals surface area contributed by atoms with E-state index in [0.29, 0.717) is 4.47 Å². The number of nitrogens with zero attached hydrogens (tertiary/aromatic N) is 2. The molecule has 6 heteroatoms. The quantitative estimate of drug-likeness (QED) is 0.807. The predicted octanol–water partition coefficient (Wildman–Crippen LogP) is 3.26. The molecule has 1 heterocycles. The normalized spacial score (nSPS) is 10.1. The lowest BCUT2D eigenvalue weighted by Gasteiger charge is -2.09. The summed E-state index contributed by atoms with van der Waals surface area (Å²) in [5.74, 6) is -0.648. The Labute approximate surface area is 115 Å². The van der Waals surface area contributed by atoms with Crippen molar-refractivity contribution >= 4 is 27.5 Å². The van der Waals surface area contributed by atoms with Crippen LogP contribution in [0.25, 0.3) is 5.69 Å². The fraction of sp³-hybridized carbons (Fsp3) is 0. The summed E-state index contributed by atoms with van der Waals surface area (Å²) in [6.45, 7) is 0. The van der Waals surface area contributed by atoms with Gasteiger partial charge in [-0.1, -0.05) is 17.7 Å². The molecule has 90 valence electrons. The monoisotopic (exact) mass is 326 g/mol. The third-order valence-corrected chi connectivity index (χ3v) is 3.48. The Morgan fingerprint density at radius 3 is 2.83 bits per heavy atom. The average Bonchev–Trinajstić information content (AvgIpc) is 2.34. The van der Waals surface area contributed by atoms with Crippen molar-refractivity contribution in [2.24, 2.45) is 0 Å². The summed E-state index contributed by atoms with van der Waals surface area (Å²) in [4.78, 5) is 11.8. The van der Waals surface area contributed by atoms with E-state index in [4.69, 9.17) is 16.9 Å². The van der Waals surface area contributed by atoms with Crippen LogP contribution in [0.2, 0.25) is 5.02 Å². The van der Waals surface area contributed by atoms with E-state index in [0.717, 1.165) is 10.6 Å². The van der Waals surface area contributed by atoms with Crippen molar-refractivity contribution in [1.82, 2.24) is 4.57 Å². The van der Waals surface area contributed by atoms with Crippen LogP contribution in [0.3, 0.4) is 0 Å². The standard InChI is InChI=1S/C12H5BrClFN2O/c13-8-6-17(11(18)4-9(8)14)12-7(5-16)2-1-3-10(12)15/h1-4,6H. The Morgan fingerprint density at radius 1 is 1.44 bits per heavy atom. The summed E-state index contributed by atoms with van der Waals surface area (Å²) in [5.41, 5.74) is -0.515. The number of pyridine rings is 1. The van der Waals surface area contributed by atoms with Gasteiger partial charge in [0.15, 0.2) is 0 Å². The maximum absolute atomic E-state index is 13.8. The van der Waals surface area contributed by atoms with Crippen LogP contribution in [0.5, 0.6) is 0 Å². The summed E-state index contributed by atoms with van der Waals surface area (Å²) < 4.78 is 15.3. The Bertz CT molecular complexity index is 721. The molecule has 0 spiro atoms. The van der Waals surface area contributed by atoms with Gasteiger partial charge in [-0.3, -0.25) is 9.36 Å². The minimum atomic E-state index is -0.648. The maximum atomic E-state index is 13.8. The Morgan fingerprint density at radius 2 is 2.17 bits per heavy atom. The molecule has 0 N–H and O–H groups in total. The van der Waals surface area contributed by atoms with Crippen molar-refractivity contribution in [2.45, 2.75) is 0 Å². The van der Waals surface area contributed by atoms with E-state index in [1.807, 2.05) is 6.07 Å². The van der Waals surface area contributed by atoms with Gasteiger partial charge < -0.3 is 0 Å². The van der Waals surface area contributed by atoms with E-state index >= 15 is 0 Å². The number of aromatic nitrogens is 1. The van der Waals surface area contributed by atoms with E-state index in [1.54, 1.807) is 0 Å². The third-order valence-electron chi connectivity index (χ3n) is 2.31. The summed E-state index contributed by atoms with van der Waals surface area (Å²) in [5, 5.41) is 9.18. The molecule has 18 heavy (non-hydrogen) atoms. The molecule has 0 atom stereocenters. The first-order valence-corrected chi connectivity index (χ1v) is 5.98. The molecule has 1 aromatic heterocycles. The van der Waals surface area contributed by atoms with Gasteiger partial charge >= 0.3 is 0 Å². The summed E-state index contributed by atoms with van der Waals surface area (Å²) in [7, 11) is 0. The molecule has 2 rings (SSSR count). The summed E-state index contributed by atoms with van der Waals surface area (Å²) >= 11 is 8.92. The van der Waals surface area contributed by atoms with E-state index in [1.165, 1.54) is 24.4 Å². The highest BCUT2D eigenvalue weighted by atomic mass is 79.9. The maximum Gasteiger partial charge on any atom is 0.256 e. The van der Waals surface area contributed by atoms with Crippen LogP contribution >= 0.6 is 27.5 Å².